The summed E-state index contributed by atoms with van der Waals surface area (Å²) < 4.78 is 37.6. The summed E-state index contributed by atoms with van der Waals surface area (Å²) in [4.78, 5) is 11.7. The van der Waals surface area contributed by atoms with Crippen LogP contribution in [-0.4, -0.2) is 34.8 Å². The smallest absolute Gasteiger partial charge is 0.411 e. The van der Waals surface area contributed by atoms with Crippen LogP contribution in [0.2, 0.25) is 0 Å². The maximum atomic E-state index is 12.5. The Morgan fingerprint density at radius 2 is 2.08 bits per heavy atom. The lowest BCUT2D eigenvalue weighted by Crippen LogP contribution is -2.25. The monoisotopic (exact) mass is 382 g/mol. The van der Waals surface area contributed by atoms with Gasteiger partial charge >= 0.3 is 6.09 Å². The highest BCUT2D eigenvalue weighted by atomic mass is 32.2. The third kappa shape index (κ3) is 5.74. The summed E-state index contributed by atoms with van der Waals surface area (Å²) in [7, 11) is -2.24. The van der Waals surface area contributed by atoms with E-state index in [1.807, 2.05) is 0 Å². The second-order valence-corrected chi connectivity index (χ2v) is 7.73. The van der Waals surface area contributed by atoms with E-state index in [4.69, 9.17) is 9.47 Å². The van der Waals surface area contributed by atoms with Crippen LogP contribution in [0.4, 0.5) is 10.5 Å². The van der Waals surface area contributed by atoms with Gasteiger partial charge in [-0.1, -0.05) is 11.6 Å². The van der Waals surface area contributed by atoms with Crippen molar-refractivity contribution in [3.05, 3.63) is 29.8 Å². The van der Waals surface area contributed by atoms with Crippen molar-refractivity contribution in [2.75, 3.05) is 25.6 Å². The Morgan fingerprint density at radius 1 is 1.27 bits per heavy atom. The van der Waals surface area contributed by atoms with E-state index >= 15 is 0 Å². The number of rotatable bonds is 8. The average molecular weight is 382 g/mol. The number of ether oxygens (including phenoxy) is 2. The molecule has 0 saturated heterocycles. The normalized spacial score (nSPS) is 14.5. The van der Waals surface area contributed by atoms with Gasteiger partial charge in [0.1, 0.15) is 5.75 Å². The van der Waals surface area contributed by atoms with Crippen LogP contribution in [-0.2, 0) is 14.8 Å². The zero-order chi connectivity index (χ0) is 19.0. The Bertz CT molecular complexity index is 759. The van der Waals surface area contributed by atoms with Crippen LogP contribution in [0.15, 0.2) is 34.7 Å². The van der Waals surface area contributed by atoms with E-state index in [1.165, 1.54) is 43.7 Å². The first kappa shape index (κ1) is 20.3. The fourth-order valence-corrected chi connectivity index (χ4v) is 3.85. The van der Waals surface area contributed by atoms with Crippen LogP contribution in [0, 0.1) is 0 Å². The van der Waals surface area contributed by atoms with E-state index in [0.717, 1.165) is 12.8 Å². The Labute approximate surface area is 154 Å². The molecular weight excluding hydrogens is 356 g/mol. The fourth-order valence-electron chi connectivity index (χ4n) is 2.79. The van der Waals surface area contributed by atoms with Gasteiger partial charge in [-0.15, -0.1) is 0 Å². The third-order valence-electron chi connectivity index (χ3n) is 4.12. The van der Waals surface area contributed by atoms with Gasteiger partial charge in [0.25, 0.3) is 0 Å². The van der Waals surface area contributed by atoms with Gasteiger partial charge in [-0.3, -0.25) is 5.32 Å². The van der Waals surface area contributed by atoms with Crippen molar-refractivity contribution in [3.63, 3.8) is 0 Å². The number of anilines is 1. The van der Waals surface area contributed by atoms with Crippen LogP contribution >= 0.6 is 0 Å². The first-order valence-corrected chi connectivity index (χ1v) is 10.2. The molecule has 8 heteroatoms. The van der Waals surface area contributed by atoms with Gasteiger partial charge in [0.15, 0.2) is 0 Å². The molecule has 7 nitrogen and oxygen atoms in total. The minimum Gasteiger partial charge on any atom is -0.495 e. The van der Waals surface area contributed by atoms with E-state index in [0.29, 0.717) is 18.7 Å². The summed E-state index contributed by atoms with van der Waals surface area (Å²) in [5.74, 6) is 0.351. The summed E-state index contributed by atoms with van der Waals surface area (Å²) in [6.07, 6.45) is 6.73. The molecule has 2 rings (SSSR count). The molecule has 1 aromatic carbocycles. The van der Waals surface area contributed by atoms with Crippen LogP contribution in [0.3, 0.4) is 0 Å². The largest absolute Gasteiger partial charge is 0.495 e. The lowest BCUT2D eigenvalue weighted by molar-refractivity contribution is 0.168. The number of hydrogen-bond acceptors (Lipinski definition) is 5. The molecule has 0 radical (unpaired) electrons. The molecule has 26 heavy (non-hydrogen) atoms. The van der Waals surface area contributed by atoms with Gasteiger partial charge in [0.05, 0.1) is 24.3 Å². The molecule has 0 unspecified atom stereocenters. The van der Waals surface area contributed by atoms with E-state index < -0.39 is 16.1 Å². The predicted octanol–water partition coefficient (Wildman–Crippen LogP) is 3.43. The number of carbonyl (C=O) groups excluding carboxylic acids is 1. The zero-order valence-corrected chi connectivity index (χ0v) is 16.0. The average Bonchev–Trinajstić information content (AvgIpc) is 2.62. The molecule has 0 fully saturated rings. The summed E-state index contributed by atoms with van der Waals surface area (Å²) in [6.45, 7) is 2.24. The fraction of sp³-hybridized carbons (Fsp3) is 0.500. The second kappa shape index (κ2) is 9.59. The molecule has 144 valence electrons. The molecule has 0 aromatic heterocycles. The standard InChI is InChI=1S/C18H26N2O5S/c1-3-25-18(21)20-16-13-15(9-10-17(16)24-2)26(22,23)19-12-11-14-7-5-4-6-8-14/h7,9-10,13,19H,3-6,8,11-12H2,1-2H3,(H,20,21). The number of sulfonamides is 1. The molecule has 0 atom stereocenters. The number of methoxy groups -OCH3 is 1. The lowest BCUT2D eigenvalue weighted by atomic mass is 9.97. The quantitative estimate of drug-likeness (QED) is 0.672. The van der Waals surface area contributed by atoms with Crippen LogP contribution in [0.25, 0.3) is 0 Å². The predicted molar refractivity (Wildman–Crippen MR) is 100.0 cm³/mol. The van der Waals surface area contributed by atoms with E-state index in [-0.39, 0.29) is 17.2 Å². The lowest BCUT2D eigenvalue weighted by Gasteiger charge is -2.14. The molecule has 1 amide bonds. The number of allylic oxidation sites excluding steroid dienone is 1. The van der Waals surface area contributed by atoms with Crippen molar-refractivity contribution < 1.29 is 22.7 Å². The summed E-state index contributed by atoms with van der Waals surface area (Å²) >= 11 is 0. The summed E-state index contributed by atoms with van der Waals surface area (Å²) in [6, 6.07) is 4.30. The van der Waals surface area contributed by atoms with Crippen LogP contribution in [0.1, 0.15) is 39.0 Å². The molecular formula is C18H26N2O5S. The highest BCUT2D eigenvalue weighted by molar-refractivity contribution is 7.89. The SMILES string of the molecule is CCOC(=O)Nc1cc(S(=O)(=O)NCCC2=CCCCC2)ccc1OC. The Balaban J connectivity index is 2.07. The van der Waals surface area contributed by atoms with E-state index in [9.17, 15) is 13.2 Å². The maximum Gasteiger partial charge on any atom is 0.411 e. The van der Waals surface area contributed by atoms with Crippen molar-refractivity contribution in [3.8, 4) is 5.75 Å². The van der Waals surface area contributed by atoms with Gasteiger partial charge in [-0.2, -0.15) is 0 Å². The minimum absolute atomic E-state index is 0.0581. The molecule has 1 aromatic rings. The maximum absolute atomic E-state index is 12.5. The van der Waals surface area contributed by atoms with Crippen LogP contribution < -0.4 is 14.8 Å². The number of nitrogens with one attached hydrogen (secondary N) is 2. The second-order valence-electron chi connectivity index (χ2n) is 5.96. The van der Waals surface area contributed by atoms with Gasteiger partial charge in [-0.25, -0.2) is 17.9 Å². The molecule has 1 aliphatic rings. The molecule has 0 bridgehead atoms. The Morgan fingerprint density at radius 3 is 2.73 bits per heavy atom. The molecule has 0 heterocycles. The molecule has 0 spiro atoms. The highest BCUT2D eigenvalue weighted by Gasteiger charge is 2.18. The van der Waals surface area contributed by atoms with Crippen molar-refractivity contribution in [2.24, 2.45) is 0 Å². The number of hydrogen-bond donors (Lipinski definition) is 2. The highest BCUT2D eigenvalue weighted by Crippen LogP contribution is 2.28. The third-order valence-corrected chi connectivity index (χ3v) is 5.58. The van der Waals surface area contributed by atoms with Crippen molar-refractivity contribution in [2.45, 2.75) is 43.9 Å². The number of carbonyl (C=O) groups is 1. The number of amides is 1. The summed E-state index contributed by atoms with van der Waals surface area (Å²) in [5.41, 5.74) is 1.54. The van der Waals surface area contributed by atoms with Crippen molar-refractivity contribution in [1.82, 2.24) is 4.72 Å². The van der Waals surface area contributed by atoms with E-state index in [2.05, 4.69) is 16.1 Å². The van der Waals surface area contributed by atoms with Gasteiger partial charge < -0.3 is 9.47 Å². The zero-order valence-electron chi connectivity index (χ0n) is 15.2. The van der Waals surface area contributed by atoms with Gasteiger partial charge in [-0.05, 0) is 57.2 Å². The van der Waals surface area contributed by atoms with Crippen molar-refractivity contribution in [1.29, 1.82) is 0 Å². The van der Waals surface area contributed by atoms with Gasteiger partial charge in [0.2, 0.25) is 10.0 Å². The first-order valence-electron chi connectivity index (χ1n) is 8.75. The first-order chi connectivity index (χ1) is 12.5. The minimum atomic E-state index is -3.68. The topological polar surface area (TPSA) is 93.7 Å². The summed E-state index contributed by atoms with van der Waals surface area (Å²) in [5, 5.41) is 2.50. The molecule has 2 N–H and O–H groups in total. The molecule has 1 aliphatic carbocycles. The van der Waals surface area contributed by atoms with Crippen molar-refractivity contribution >= 4 is 21.8 Å². The van der Waals surface area contributed by atoms with Gasteiger partial charge in [0, 0.05) is 6.54 Å². The van der Waals surface area contributed by atoms with Crippen LogP contribution in [0.5, 0.6) is 5.75 Å². The Hall–Kier alpha value is -2.06. The van der Waals surface area contributed by atoms with E-state index in [1.54, 1.807) is 6.92 Å². The Kier molecular flexibility index (Phi) is 7.47. The molecule has 0 saturated carbocycles. The number of benzene rings is 1. The molecule has 0 aliphatic heterocycles.